The van der Waals surface area contributed by atoms with Gasteiger partial charge in [-0.1, -0.05) is 41.5 Å². The van der Waals surface area contributed by atoms with Crippen LogP contribution in [0.5, 0.6) is 5.75 Å². The summed E-state index contributed by atoms with van der Waals surface area (Å²) in [7, 11) is -2.32. The van der Waals surface area contributed by atoms with Crippen LogP contribution in [0.15, 0.2) is 27.9 Å². The van der Waals surface area contributed by atoms with Crippen LogP contribution in [0.25, 0.3) is 0 Å². The molecule has 2 aliphatic heterocycles. The summed E-state index contributed by atoms with van der Waals surface area (Å²) in [5, 5.41) is 21.3. The number of H-pyrrole nitrogens is 1. The van der Waals surface area contributed by atoms with Gasteiger partial charge in [0.05, 0.1) is 12.2 Å². The summed E-state index contributed by atoms with van der Waals surface area (Å²) >= 11 is 0. The first kappa shape index (κ1) is 26.9. The van der Waals surface area contributed by atoms with E-state index in [9.17, 15) is 19.8 Å². The number of nitrogens with zero attached hydrogens (tertiary/aromatic N) is 1. The predicted octanol–water partition coefficient (Wildman–Crippen LogP) is 3.44. The SMILES string of the molecule is CC(C)(C)c1cc(C(C)(C)C)c2c(c1F)COP(OC(O)(O)C1CCC(n3ccc(=O)[nH]c3=O)O1)O2. The van der Waals surface area contributed by atoms with Gasteiger partial charge in [0.25, 0.3) is 5.56 Å². The molecule has 0 amide bonds. The molecule has 0 aliphatic carbocycles. The van der Waals surface area contributed by atoms with Crippen molar-refractivity contribution in [3.05, 3.63) is 61.7 Å². The normalized spacial score (nSPS) is 22.9. The fourth-order valence-electron chi connectivity index (χ4n) is 4.22. The lowest BCUT2D eigenvalue weighted by Crippen LogP contribution is -2.44. The first-order valence-electron chi connectivity index (χ1n) is 11.7. The van der Waals surface area contributed by atoms with E-state index in [-0.39, 0.29) is 30.8 Å². The van der Waals surface area contributed by atoms with E-state index < -0.39 is 54.8 Å². The summed E-state index contributed by atoms with van der Waals surface area (Å²) in [4.78, 5) is 25.5. The average Bonchev–Trinajstić information content (AvgIpc) is 3.23. The highest BCUT2D eigenvalue weighted by Crippen LogP contribution is 2.54. The number of aromatic nitrogens is 2. The Morgan fingerprint density at radius 3 is 2.39 bits per heavy atom. The van der Waals surface area contributed by atoms with E-state index in [4.69, 9.17) is 18.3 Å². The lowest BCUT2D eigenvalue weighted by Gasteiger charge is -2.35. The summed E-state index contributed by atoms with van der Waals surface area (Å²) < 4.78 is 39.1. The second kappa shape index (κ2) is 9.31. The third-order valence-corrected chi connectivity index (χ3v) is 7.28. The third-order valence-electron chi connectivity index (χ3n) is 6.19. The molecule has 4 rings (SSSR count). The molecule has 10 nitrogen and oxygen atoms in total. The van der Waals surface area contributed by atoms with Crippen LogP contribution in [-0.4, -0.2) is 31.8 Å². The third kappa shape index (κ3) is 5.27. The van der Waals surface area contributed by atoms with Crippen LogP contribution in [-0.2, 0) is 31.2 Å². The van der Waals surface area contributed by atoms with Crippen molar-refractivity contribution in [2.45, 2.75) is 90.1 Å². The second-order valence-corrected chi connectivity index (χ2v) is 12.2. The van der Waals surface area contributed by atoms with Crippen molar-refractivity contribution >= 4 is 8.60 Å². The number of fused-ring (bicyclic) bond motifs is 1. The Bertz CT molecular complexity index is 1260. The molecule has 1 fully saturated rings. The lowest BCUT2D eigenvalue weighted by atomic mass is 9.78. The molecule has 0 bridgehead atoms. The van der Waals surface area contributed by atoms with Crippen molar-refractivity contribution in [1.82, 2.24) is 9.55 Å². The minimum Gasteiger partial charge on any atom is -0.426 e. The Balaban J connectivity index is 1.55. The molecule has 2 aliphatic rings. The van der Waals surface area contributed by atoms with Crippen molar-refractivity contribution < 1.29 is 32.9 Å². The molecule has 1 aromatic carbocycles. The molecule has 2 aromatic rings. The summed E-state index contributed by atoms with van der Waals surface area (Å²) in [5.41, 5.74) is -0.549. The van der Waals surface area contributed by atoms with Gasteiger partial charge < -0.3 is 19.5 Å². The van der Waals surface area contributed by atoms with Gasteiger partial charge in [-0.05, 0) is 35.3 Å². The number of hydrogen-bond donors (Lipinski definition) is 3. The Kier molecular flexibility index (Phi) is 6.96. The van der Waals surface area contributed by atoms with E-state index in [2.05, 4.69) is 4.98 Å². The van der Waals surface area contributed by atoms with Crippen LogP contribution in [0.3, 0.4) is 0 Å². The van der Waals surface area contributed by atoms with E-state index in [1.54, 1.807) is 6.07 Å². The van der Waals surface area contributed by atoms with Crippen LogP contribution in [0.4, 0.5) is 4.39 Å². The summed E-state index contributed by atoms with van der Waals surface area (Å²) in [6, 6.07) is 2.95. The Morgan fingerprint density at radius 1 is 1.11 bits per heavy atom. The molecule has 0 radical (unpaired) electrons. The number of ether oxygens (including phenoxy) is 1. The number of hydrogen-bond acceptors (Lipinski definition) is 8. The van der Waals surface area contributed by atoms with Crippen molar-refractivity contribution in [2.75, 3.05) is 0 Å². The number of aliphatic hydroxyl groups is 2. The molecule has 1 saturated heterocycles. The molecule has 3 N–H and O–H groups in total. The van der Waals surface area contributed by atoms with E-state index in [0.717, 1.165) is 10.1 Å². The van der Waals surface area contributed by atoms with Crippen LogP contribution < -0.4 is 15.8 Å². The maximum atomic E-state index is 15.4. The van der Waals surface area contributed by atoms with Crippen molar-refractivity contribution in [2.24, 2.45) is 0 Å². The summed E-state index contributed by atoms with van der Waals surface area (Å²) in [5.74, 6) is -2.96. The maximum Gasteiger partial charge on any atom is 0.402 e. The number of rotatable bonds is 4. The lowest BCUT2D eigenvalue weighted by molar-refractivity contribution is -0.346. The van der Waals surface area contributed by atoms with Gasteiger partial charge in [-0.2, -0.15) is 0 Å². The molecule has 1 aromatic heterocycles. The zero-order valence-corrected chi connectivity index (χ0v) is 22.0. The standard InChI is InChI=1S/C24H32FN2O8P/c1-22(2,3)14-11-15(23(4,5)6)20-13(19(14)25)12-32-36(34-20)35-24(30,31)16-7-8-18(33-16)27-10-9-17(28)26-21(27)29/h9-11,16,18,30-31H,7-8,12H2,1-6H3,(H,26,28,29). The monoisotopic (exact) mass is 526 g/mol. The average molecular weight is 526 g/mol. The Morgan fingerprint density at radius 2 is 1.78 bits per heavy atom. The van der Waals surface area contributed by atoms with Gasteiger partial charge >= 0.3 is 20.3 Å². The van der Waals surface area contributed by atoms with Gasteiger partial charge in [0.15, 0.2) is 0 Å². The largest absolute Gasteiger partial charge is 0.426 e. The zero-order valence-electron chi connectivity index (χ0n) is 21.1. The number of halogens is 1. The molecule has 198 valence electrons. The topological polar surface area (TPSA) is 132 Å². The van der Waals surface area contributed by atoms with Crippen LogP contribution >= 0.6 is 8.60 Å². The zero-order chi connectivity index (χ0) is 26.6. The van der Waals surface area contributed by atoms with E-state index in [0.29, 0.717) is 5.56 Å². The van der Waals surface area contributed by atoms with Crippen molar-refractivity contribution in [3.63, 3.8) is 0 Å². The predicted molar refractivity (Wildman–Crippen MR) is 129 cm³/mol. The molecular formula is C24H32FN2O8P. The molecule has 0 spiro atoms. The highest BCUT2D eigenvalue weighted by Gasteiger charge is 2.47. The number of benzene rings is 1. The smallest absolute Gasteiger partial charge is 0.402 e. The van der Waals surface area contributed by atoms with Crippen LogP contribution in [0, 0.1) is 5.82 Å². The summed E-state index contributed by atoms with van der Waals surface area (Å²) in [6.45, 7) is 11.5. The fraction of sp³-hybridized carbons (Fsp3) is 0.583. The maximum absolute atomic E-state index is 15.4. The van der Waals surface area contributed by atoms with Crippen molar-refractivity contribution in [1.29, 1.82) is 0 Å². The number of nitrogens with one attached hydrogen (secondary N) is 1. The first-order chi connectivity index (χ1) is 16.6. The quantitative estimate of drug-likeness (QED) is 0.408. The first-order valence-corrected chi connectivity index (χ1v) is 12.8. The molecule has 36 heavy (non-hydrogen) atoms. The highest BCUT2D eigenvalue weighted by atomic mass is 31.2. The highest BCUT2D eigenvalue weighted by molar-refractivity contribution is 7.42. The van der Waals surface area contributed by atoms with Gasteiger partial charge in [-0.15, -0.1) is 0 Å². The van der Waals surface area contributed by atoms with Crippen LogP contribution in [0.2, 0.25) is 0 Å². The van der Waals surface area contributed by atoms with Gasteiger partial charge in [0.2, 0.25) is 0 Å². The minimum absolute atomic E-state index is 0.139. The number of aromatic amines is 1. The van der Waals surface area contributed by atoms with Gasteiger partial charge in [-0.3, -0.25) is 18.9 Å². The minimum atomic E-state index is -2.81. The molecule has 3 atom stereocenters. The van der Waals surface area contributed by atoms with Crippen molar-refractivity contribution in [3.8, 4) is 5.75 Å². The Labute approximate surface area is 209 Å². The second-order valence-electron chi connectivity index (χ2n) is 11.1. The van der Waals surface area contributed by atoms with Gasteiger partial charge in [0.1, 0.15) is 23.9 Å². The van der Waals surface area contributed by atoms with Gasteiger partial charge in [0, 0.05) is 17.8 Å². The molecule has 3 unspecified atom stereocenters. The van der Waals surface area contributed by atoms with E-state index in [1.165, 1.54) is 12.3 Å². The molecular weight excluding hydrogens is 494 g/mol. The molecule has 12 heteroatoms. The van der Waals surface area contributed by atoms with Gasteiger partial charge in [-0.25, -0.2) is 13.7 Å². The van der Waals surface area contributed by atoms with E-state index in [1.807, 2.05) is 41.5 Å². The fourth-order valence-corrected chi connectivity index (χ4v) is 5.29. The Hall–Kier alpha value is -2.14. The molecule has 3 heterocycles. The summed E-state index contributed by atoms with van der Waals surface area (Å²) in [6.07, 6.45) is -0.394. The van der Waals surface area contributed by atoms with E-state index >= 15 is 4.39 Å². The molecule has 0 saturated carbocycles. The van der Waals surface area contributed by atoms with Crippen LogP contribution in [0.1, 0.15) is 77.3 Å².